The van der Waals surface area contributed by atoms with Crippen LogP contribution in [0.4, 0.5) is 13.2 Å². The molecule has 1 unspecified atom stereocenters. The van der Waals surface area contributed by atoms with Crippen LogP contribution in [0.5, 0.6) is 5.75 Å². The Morgan fingerprint density at radius 3 is 2.15 bits per heavy atom. The van der Waals surface area contributed by atoms with E-state index in [0.29, 0.717) is 36.3 Å². The predicted molar refractivity (Wildman–Crippen MR) is 140 cm³/mol. The molecular formula is C31H36F3NO4. The van der Waals surface area contributed by atoms with E-state index in [0.717, 1.165) is 30.0 Å². The molecule has 5 fully saturated rings. The van der Waals surface area contributed by atoms with Crippen molar-refractivity contribution in [2.45, 2.75) is 76.4 Å². The number of fused-ring (bicyclic) bond motifs is 1. The largest absolute Gasteiger partial charge is 0.492 e. The number of carboxylic acids is 1. The number of ether oxygens (including phenoxy) is 1. The molecule has 1 amide bonds. The van der Waals surface area contributed by atoms with Crippen LogP contribution in [0.3, 0.4) is 0 Å². The van der Waals surface area contributed by atoms with Gasteiger partial charge in [-0.05, 0) is 99.3 Å². The van der Waals surface area contributed by atoms with Crippen LogP contribution in [0.15, 0.2) is 36.4 Å². The minimum Gasteiger partial charge on any atom is -0.492 e. The summed E-state index contributed by atoms with van der Waals surface area (Å²) in [6, 6.07) is 10.0. The molecule has 1 atom stereocenters. The fraction of sp³-hybridized carbons (Fsp3) is 0.613. The van der Waals surface area contributed by atoms with E-state index in [1.54, 1.807) is 6.07 Å². The second-order valence-corrected chi connectivity index (χ2v) is 12.8. The monoisotopic (exact) mass is 543 g/mol. The van der Waals surface area contributed by atoms with E-state index in [1.807, 2.05) is 30.3 Å². The van der Waals surface area contributed by atoms with Gasteiger partial charge in [-0.25, -0.2) is 4.79 Å². The highest BCUT2D eigenvalue weighted by Crippen LogP contribution is 2.61. The normalized spacial score (nSPS) is 32.6. The number of halogens is 3. The van der Waals surface area contributed by atoms with Gasteiger partial charge in [0.25, 0.3) is 5.91 Å². The summed E-state index contributed by atoms with van der Waals surface area (Å²) < 4.78 is 45.6. The van der Waals surface area contributed by atoms with Gasteiger partial charge in [0.05, 0.1) is 18.1 Å². The lowest BCUT2D eigenvalue weighted by atomic mass is 9.47. The fourth-order valence-electron chi connectivity index (χ4n) is 8.65. The maximum absolute atomic E-state index is 13.7. The Bertz CT molecular complexity index is 1210. The molecule has 4 bridgehead atoms. The zero-order chi connectivity index (χ0) is 27.4. The summed E-state index contributed by atoms with van der Waals surface area (Å²) in [6.45, 7) is 0.218. The number of carboxylic acid groups (broad SMARTS) is 1. The van der Waals surface area contributed by atoms with Gasteiger partial charge < -0.3 is 15.2 Å². The number of benzene rings is 2. The smallest absolute Gasteiger partial charge is 0.391 e. The Hall–Kier alpha value is -2.77. The first kappa shape index (κ1) is 26.5. The molecule has 0 spiro atoms. The van der Waals surface area contributed by atoms with Crippen LogP contribution < -0.4 is 10.1 Å². The topological polar surface area (TPSA) is 75.6 Å². The van der Waals surface area contributed by atoms with Gasteiger partial charge in [0, 0.05) is 10.8 Å². The number of alkyl halides is 3. The molecular weight excluding hydrogens is 507 g/mol. The van der Waals surface area contributed by atoms with Gasteiger partial charge in [-0.3, -0.25) is 4.79 Å². The van der Waals surface area contributed by atoms with Gasteiger partial charge in [-0.15, -0.1) is 0 Å². The molecule has 5 aliphatic carbocycles. The standard InChI is InChI=1S/C31H36F3NO4/c32-31(33,34)23-8-5-18(6-9-23)17-39-26-24-4-2-1-3-22(24)7-10-25(26)28(36)35-27(29(37)38)30-14-19-11-20(15-30)13-21(12-19)16-30/h1-4,7,10,18-21,23,27H,5-6,8-9,11-17H2,(H,35,36)(H,37,38)/t18-,19?,20?,21?,23+,27?,30?. The van der Waals surface area contributed by atoms with Crippen LogP contribution >= 0.6 is 0 Å². The average molecular weight is 544 g/mol. The Balaban J connectivity index is 1.23. The highest BCUT2D eigenvalue weighted by molar-refractivity contribution is 6.05. The number of carbonyl (C=O) groups is 2. The first-order valence-electron chi connectivity index (χ1n) is 14.4. The fourth-order valence-corrected chi connectivity index (χ4v) is 8.65. The number of nitrogens with one attached hydrogen (secondary N) is 1. The van der Waals surface area contributed by atoms with E-state index in [1.165, 1.54) is 19.3 Å². The van der Waals surface area contributed by atoms with Gasteiger partial charge >= 0.3 is 12.1 Å². The van der Waals surface area contributed by atoms with Crippen molar-refractivity contribution in [1.82, 2.24) is 5.32 Å². The van der Waals surface area contributed by atoms with Gasteiger partial charge in [0.2, 0.25) is 0 Å². The molecule has 0 radical (unpaired) electrons. The minimum absolute atomic E-state index is 0.0303. The number of aliphatic carboxylic acids is 1. The SMILES string of the molecule is O=C(NC(C(=O)O)C12CC3CC(CC(C3)C1)C2)c1ccc2ccccc2c1OC[C@H]1CC[C@@H](C(F)(F)F)CC1. The zero-order valence-corrected chi connectivity index (χ0v) is 22.0. The molecule has 39 heavy (non-hydrogen) atoms. The van der Waals surface area contributed by atoms with E-state index in [9.17, 15) is 27.9 Å². The lowest BCUT2D eigenvalue weighted by Gasteiger charge is -2.58. The molecule has 210 valence electrons. The van der Waals surface area contributed by atoms with Crippen LogP contribution in [0, 0.1) is 35.0 Å². The molecule has 0 aromatic heterocycles. The van der Waals surface area contributed by atoms with Crippen LogP contribution in [0.25, 0.3) is 10.8 Å². The third kappa shape index (κ3) is 5.11. The van der Waals surface area contributed by atoms with Gasteiger partial charge in [-0.2, -0.15) is 13.2 Å². The van der Waals surface area contributed by atoms with Crippen molar-refractivity contribution in [2.24, 2.45) is 35.0 Å². The predicted octanol–water partition coefficient (Wildman–Crippen LogP) is 6.99. The molecule has 5 aliphatic rings. The zero-order valence-electron chi connectivity index (χ0n) is 22.0. The van der Waals surface area contributed by atoms with E-state index < -0.39 is 35.4 Å². The van der Waals surface area contributed by atoms with Gasteiger partial charge in [0.15, 0.2) is 0 Å². The molecule has 0 saturated heterocycles. The van der Waals surface area contributed by atoms with Crippen molar-refractivity contribution in [3.05, 3.63) is 42.0 Å². The van der Waals surface area contributed by atoms with E-state index in [2.05, 4.69) is 5.32 Å². The molecule has 2 N–H and O–H groups in total. The Kier molecular flexibility index (Phi) is 6.79. The molecule has 7 rings (SSSR count). The second-order valence-electron chi connectivity index (χ2n) is 12.8. The molecule has 2 aromatic rings. The highest BCUT2D eigenvalue weighted by atomic mass is 19.4. The maximum Gasteiger partial charge on any atom is 0.391 e. The summed E-state index contributed by atoms with van der Waals surface area (Å²) in [4.78, 5) is 26.3. The first-order valence-corrected chi connectivity index (χ1v) is 14.4. The van der Waals surface area contributed by atoms with Gasteiger partial charge in [-0.1, -0.05) is 30.3 Å². The van der Waals surface area contributed by atoms with Crippen LogP contribution in [-0.2, 0) is 4.79 Å². The molecule has 5 saturated carbocycles. The maximum atomic E-state index is 13.7. The molecule has 2 aromatic carbocycles. The number of hydrogen-bond acceptors (Lipinski definition) is 3. The van der Waals surface area contributed by atoms with Crippen molar-refractivity contribution < 1.29 is 32.6 Å². The number of hydrogen-bond donors (Lipinski definition) is 2. The molecule has 5 nitrogen and oxygen atoms in total. The third-order valence-corrected chi connectivity index (χ3v) is 10.1. The summed E-state index contributed by atoms with van der Waals surface area (Å²) >= 11 is 0. The Morgan fingerprint density at radius 2 is 1.56 bits per heavy atom. The lowest BCUT2D eigenvalue weighted by molar-refractivity contribution is -0.184. The van der Waals surface area contributed by atoms with E-state index in [-0.39, 0.29) is 30.9 Å². The van der Waals surface area contributed by atoms with Crippen LogP contribution in [-0.4, -0.2) is 35.8 Å². The Labute approximate surface area is 226 Å². The molecule has 0 heterocycles. The molecule has 0 aliphatic heterocycles. The van der Waals surface area contributed by atoms with Gasteiger partial charge in [0.1, 0.15) is 11.8 Å². The van der Waals surface area contributed by atoms with E-state index in [4.69, 9.17) is 4.74 Å². The van der Waals surface area contributed by atoms with E-state index >= 15 is 0 Å². The van der Waals surface area contributed by atoms with Crippen molar-refractivity contribution in [3.8, 4) is 5.75 Å². The number of amides is 1. The lowest BCUT2D eigenvalue weighted by Crippen LogP contribution is -2.59. The minimum atomic E-state index is -4.16. The summed E-state index contributed by atoms with van der Waals surface area (Å²) in [6.07, 6.45) is 2.91. The van der Waals surface area contributed by atoms with Crippen molar-refractivity contribution in [1.29, 1.82) is 0 Å². The summed E-state index contributed by atoms with van der Waals surface area (Å²) in [5.74, 6) is -0.749. The van der Waals surface area contributed by atoms with Crippen molar-refractivity contribution >= 4 is 22.6 Å². The second kappa shape index (κ2) is 10.0. The van der Waals surface area contributed by atoms with Crippen LogP contribution in [0.2, 0.25) is 0 Å². The summed E-state index contributed by atoms with van der Waals surface area (Å²) in [5.41, 5.74) is -0.140. The first-order chi connectivity index (χ1) is 18.6. The van der Waals surface area contributed by atoms with Crippen molar-refractivity contribution in [3.63, 3.8) is 0 Å². The van der Waals surface area contributed by atoms with Crippen LogP contribution in [0.1, 0.15) is 74.6 Å². The third-order valence-electron chi connectivity index (χ3n) is 10.1. The average Bonchev–Trinajstić information content (AvgIpc) is 2.89. The molecule has 8 heteroatoms. The highest BCUT2D eigenvalue weighted by Gasteiger charge is 2.56. The Morgan fingerprint density at radius 1 is 0.949 bits per heavy atom. The quantitative estimate of drug-likeness (QED) is 0.395. The van der Waals surface area contributed by atoms with Crippen molar-refractivity contribution in [2.75, 3.05) is 6.61 Å². The number of carbonyl (C=O) groups excluding carboxylic acids is 1. The number of rotatable bonds is 7. The summed E-state index contributed by atoms with van der Waals surface area (Å²) in [5, 5.41) is 14.8. The summed E-state index contributed by atoms with van der Waals surface area (Å²) in [7, 11) is 0.